The van der Waals surface area contributed by atoms with Gasteiger partial charge >= 0.3 is 0 Å². The Morgan fingerprint density at radius 2 is 2.05 bits per heavy atom. The van der Waals surface area contributed by atoms with Crippen molar-refractivity contribution >= 4 is 23.2 Å². The Hall–Kier alpha value is -2.07. The van der Waals surface area contributed by atoms with Gasteiger partial charge < -0.3 is 11.1 Å². The van der Waals surface area contributed by atoms with Gasteiger partial charge in [-0.05, 0) is 43.2 Å². The van der Waals surface area contributed by atoms with Crippen LogP contribution >= 0.6 is 11.6 Å². The van der Waals surface area contributed by atoms with E-state index >= 15 is 0 Å². The minimum atomic E-state index is -0.564. The summed E-state index contributed by atoms with van der Waals surface area (Å²) in [4.78, 5) is 11.1. The highest BCUT2D eigenvalue weighted by molar-refractivity contribution is 6.34. The Kier molecular flexibility index (Phi) is 4.81. The summed E-state index contributed by atoms with van der Waals surface area (Å²) >= 11 is 5.99. The Bertz CT molecular complexity index is 660. The predicted octanol–water partition coefficient (Wildman–Crippen LogP) is 3.62. The van der Waals surface area contributed by atoms with E-state index in [9.17, 15) is 9.18 Å². The molecule has 1 amide bonds. The van der Waals surface area contributed by atoms with E-state index in [-0.39, 0.29) is 17.4 Å². The second-order valence-corrected chi connectivity index (χ2v) is 5.31. The molecular weight excluding hydrogens is 291 g/mol. The summed E-state index contributed by atoms with van der Waals surface area (Å²) in [5, 5.41) is 3.52. The molecule has 5 heteroatoms. The fourth-order valence-electron chi connectivity index (χ4n) is 2.13. The summed E-state index contributed by atoms with van der Waals surface area (Å²) in [7, 11) is 0. The summed E-state index contributed by atoms with van der Waals surface area (Å²) in [6, 6.07) is 11.6. The molecule has 0 heterocycles. The number of halogens is 2. The molecule has 0 aliphatic carbocycles. The van der Waals surface area contributed by atoms with Crippen molar-refractivity contribution in [2.45, 2.75) is 19.4 Å². The van der Waals surface area contributed by atoms with Crippen molar-refractivity contribution in [2.24, 2.45) is 5.73 Å². The first-order valence-electron chi connectivity index (χ1n) is 6.56. The monoisotopic (exact) mass is 306 g/mol. The summed E-state index contributed by atoms with van der Waals surface area (Å²) in [6.07, 6.45) is 0.544. The predicted molar refractivity (Wildman–Crippen MR) is 83.2 cm³/mol. The number of amides is 1. The zero-order chi connectivity index (χ0) is 15.4. The molecule has 0 saturated heterocycles. The zero-order valence-electron chi connectivity index (χ0n) is 11.6. The van der Waals surface area contributed by atoms with Gasteiger partial charge in [-0.1, -0.05) is 29.8 Å². The topological polar surface area (TPSA) is 55.1 Å². The Morgan fingerprint density at radius 1 is 1.33 bits per heavy atom. The summed E-state index contributed by atoms with van der Waals surface area (Å²) < 4.78 is 13.6. The van der Waals surface area contributed by atoms with Gasteiger partial charge in [0.1, 0.15) is 5.82 Å². The van der Waals surface area contributed by atoms with Crippen LogP contribution in [0.25, 0.3) is 0 Å². The molecule has 2 aromatic carbocycles. The molecule has 1 atom stereocenters. The highest BCUT2D eigenvalue weighted by Gasteiger charge is 2.10. The highest BCUT2D eigenvalue weighted by atomic mass is 35.5. The highest BCUT2D eigenvalue weighted by Crippen LogP contribution is 2.22. The molecule has 3 N–H and O–H groups in total. The fraction of sp³-hybridized carbons (Fsp3) is 0.188. The number of nitrogens with one attached hydrogen (secondary N) is 1. The molecule has 0 bridgehead atoms. The maximum atomic E-state index is 13.6. The number of nitrogens with two attached hydrogens (primary N) is 1. The second kappa shape index (κ2) is 6.59. The molecule has 110 valence electrons. The van der Waals surface area contributed by atoms with Crippen LogP contribution in [0.1, 0.15) is 22.8 Å². The Morgan fingerprint density at radius 3 is 2.67 bits per heavy atom. The van der Waals surface area contributed by atoms with E-state index in [2.05, 4.69) is 5.32 Å². The van der Waals surface area contributed by atoms with E-state index in [1.54, 1.807) is 30.3 Å². The third-order valence-electron chi connectivity index (χ3n) is 3.13. The van der Waals surface area contributed by atoms with Crippen LogP contribution in [0.4, 0.5) is 10.1 Å². The van der Waals surface area contributed by atoms with Gasteiger partial charge in [-0.2, -0.15) is 0 Å². The molecule has 0 aliphatic rings. The lowest BCUT2D eigenvalue weighted by atomic mass is 10.1. The molecule has 0 radical (unpaired) electrons. The third kappa shape index (κ3) is 3.95. The average molecular weight is 307 g/mol. The molecule has 0 spiro atoms. The van der Waals surface area contributed by atoms with Crippen LogP contribution in [0, 0.1) is 5.82 Å². The van der Waals surface area contributed by atoms with Crippen molar-refractivity contribution in [2.75, 3.05) is 5.32 Å². The van der Waals surface area contributed by atoms with E-state index in [4.69, 9.17) is 17.3 Å². The van der Waals surface area contributed by atoms with Crippen molar-refractivity contribution in [3.8, 4) is 0 Å². The van der Waals surface area contributed by atoms with Crippen LogP contribution < -0.4 is 11.1 Å². The number of primary amides is 1. The number of anilines is 1. The number of carbonyl (C=O) groups is 1. The minimum Gasteiger partial charge on any atom is -0.382 e. The maximum Gasteiger partial charge on any atom is 0.250 e. The molecule has 0 fully saturated rings. The fourth-order valence-corrected chi connectivity index (χ4v) is 2.41. The van der Waals surface area contributed by atoms with Gasteiger partial charge in [0.2, 0.25) is 5.91 Å². The Balaban J connectivity index is 2.06. The first kappa shape index (κ1) is 15.3. The lowest BCUT2D eigenvalue weighted by Crippen LogP contribution is -2.19. The van der Waals surface area contributed by atoms with Crippen LogP contribution in [0.3, 0.4) is 0 Å². The number of hydrogen-bond acceptors (Lipinski definition) is 2. The van der Waals surface area contributed by atoms with E-state index in [1.807, 2.05) is 13.0 Å². The zero-order valence-corrected chi connectivity index (χ0v) is 12.3. The van der Waals surface area contributed by atoms with Crippen LogP contribution in [-0.2, 0) is 6.42 Å². The van der Waals surface area contributed by atoms with Crippen LogP contribution in [0.5, 0.6) is 0 Å². The van der Waals surface area contributed by atoms with Gasteiger partial charge in [0.15, 0.2) is 0 Å². The molecule has 2 aromatic rings. The molecule has 0 aliphatic heterocycles. The SMILES string of the molecule is CC(Cc1ccccc1F)Nc1ccc(C(N)=O)c(Cl)c1. The van der Waals surface area contributed by atoms with E-state index < -0.39 is 5.91 Å². The second-order valence-electron chi connectivity index (χ2n) is 4.90. The largest absolute Gasteiger partial charge is 0.382 e. The van der Waals surface area contributed by atoms with E-state index in [0.717, 1.165) is 5.69 Å². The van der Waals surface area contributed by atoms with Gasteiger partial charge in [0.25, 0.3) is 0 Å². The van der Waals surface area contributed by atoms with E-state index in [1.165, 1.54) is 6.07 Å². The molecule has 0 aromatic heterocycles. The standard InChI is InChI=1S/C16H16ClFN2O/c1-10(8-11-4-2-3-5-15(11)18)20-12-6-7-13(16(19)21)14(17)9-12/h2-7,9-10,20H,8H2,1H3,(H2,19,21). The number of benzene rings is 2. The van der Waals surface area contributed by atoms with Crippen LogP contribution in [0.15, 0.2) is 42.5 Å². The Labute approximate surface area is 127 Å². The molecule has 3 nitrogen and oxygen atoms in total. The lowest BCUT2D eigenvalue weighted by Gasteiger charge is -2.16. The summed E-state index contributed by atoms with van der Waals surface area (Å²) in [5.41, 5.74) is 6.89. The maximum absolute atomic E-state index is 13.6. The molecule has 2 rings (SSSR count). The molecule has 21 heavy (non-hydrogen) atoms. The van der Waals surface area contributed by atoms with Gasteiger partial charge in [-0.15, -0.1) is 0 Å². The number of hydrogen-bond donors (Lipinski definition) is 2. The van der Waals surface area contributed by atoms with Crippen LogP contribution in [-0.4, -0.2) is 11.9 Å². The molecule has 0 saturated carbocycles. The minimum absolute atomic E-state index is 0.0115. The van der Waals surface area contributed by atoms with Crippen molar-refractivity contribution < 1.29 is 9.18 Å². The van der Waals surface area contributed by atoms with Crippen molar-refractivity contribution in [1.29, 1.82) is 0 Å². The van der Waals surface area contributed by atoms with Crippen LogP contribution in [0.2, 0.25) is 5.02 Å². The summed E-state index contributed by atoms with van der Waals surface area (Å²) in [5.74, 6) is -0.779. The molecule has 1 unspecified atom stereocenters. The number of carbonyl (C=O) groups excluding carboxylic acids is 1. The quantitative estimate of drug-likeness (QED) is 0.886. The summed E-state index contributed by atoms with van der Waals surface area (Å²) in [6.45, 7) is 1.95. The smallest absolute Gasteiger partial charge is 0.250 e. The van der Waals surface area contributed by atoms with Gasteiger partial charge in [-0.25, -0.2) is 4.39 Å². The van der Waals surface area contributed by atoms with Gasteiger partial charge in [0.05, 0.1) is 10.6 Å². The number of rotatable bonds is 5. The van der Waals surface area contributed by atoms with Gasteiger partial charge in [0, 0.05) is 11.7 Å². The van der Waals surface area contributed by atoms with Crippen molar-refractivity contribution in [3.63, 3.8) is 0 Å². The van der Waals surface area contributed by atoms with Crippen molar-refractivity contribution in [1.82, 2.24) is 0 Å². The normalized spacial score (nSPS) is 12.0. The molecular formula is C16H16ClFN2O. The first-order chi connectivity index (χ1) is 9.97. The third-order valence-corrected chi connectivity index (χ3v) is 3.44. The van der Waals surface area contributed by atoms with Crippen molar-refractivity contribution in [3.05, 3.63) is 64.4 Å². The average Bonchev–Trinajstić information content (AvgIpc) is 2.41. The van der Waals surface area contributed by atoms with Gasteiger partial charge in [-0.3, -0.25) is 4.79 Å². The lowest BCUT2D eigenvalue weighted by molar-refractivity contribution is 0.100. The van der Waals surface area contributed by atoms with E-state index in [0.29, 0.717) is 17.0 Å². The first-order valence-corrected chi connectivity index (χ1v) is 6.94.